The van der Waals surface area contributed by atoms with E-state index < -0.39 is 11.4 Å². The van der Waals surface area contributed by atoms with Crippen molar-refractivity contribution in [1.82, 2.24) is 14.8 Å². The Hall–Kier alpha value is -1.78. The van der Waals surface area contributed by atoms with Crippen molar-refractivity contribution in [2.75, 3.05) is 0 Å². The molecule has 1 aromatic rings. The minimum Gasteiger partial charge on any atom is -0.247 e. The zero-order valence-corrected chi connectivity index (χ0v) is 6.20. The van der Waals surface area contributed by atoms with E-state index in [1.165, 1.54) is 0 Å². The van der Waals surface area contributed by atoms with Gasteiger partial charge in [-0.2, -0.15) is 0 Å². The van der Waals surface area contributed by atoms with Gasteiger partial charge in [-0.25, -0.2) is 24.4 Å². The van der Waals surface area contributed by atoms with Crippen LogP contribution in [0.5, 0.6) is 0 Å². The Balaban J connectivity index is 2.67. The predicted octanol–water partition coefficient (Wildman–Crippen LogP) is -0.335. The molecule has 1 aliphatic carbocycles. The van der Waals surface area contributed by atoms with Crippen molar-refractivity contribution in [2.45, 2.75) is 6.42 Å². The first kappa shape index (κ1) is 6.90. The van der Waals surface area contributed by atoms with Gasteiger partial charge in [-0.05, 0) is 12.5 Å². The largest absolute Gasteiger partial charge is 0.348 e. The number of rotatable bonds is 1. The summed E-state index contributed by atoms with van der Waals surface area (Å²) >= 11 is 0. The van der Waals surface area contributed by atoms with Gasteiger partial charge in [0.1, 0.15) is 0 Å². The fourth-order valence-corrected chi connectivity index (χ4v) is 1.16. The number of H-pyrrole nitrogens is 2. The van der Waals surface area contributed by atoms with Crippen molar-refractivity contribution in [2.24, 2.45) is 0 Å². The molecule has 0 spiro atoms. The number of nitrogens with one attached hydrogen (secondary N) is 2. The highest BCUT2D eigenvalue weighted by Crippen LogP contribution is 2.09. The molecule has 1 aromatic heterocycles. The van der Waals surface area contributed by atoms with E-state index in [2.05, 4.69) is 10.2 Å². The van der Waals surface area contributed by atoms with Gasteiger partial charge in [0, 0.05) is 0 Å². The van der Waals surface area contributed by atoms with Gasteiger partial charge in [0.25, 0.3) is 0 Å². The van der Waals surface area contributed by atoms with Crippen LogP contribution >= 0.6 is 0 Å². The molecule has 0 fully saturated rings. The summed E-state index contributed by atoms with van der Waals surface area (Å²) in [5, 5.41) is 4.42. The number of aromatic nitrogens is 3. The van der Waals surface area contributed by atoms with Crippen molar-refractivity contribution >= 4 is 5.70 Å². The second-order valence-electron chi connectivity index (χ2n) is 2.46. The lowest BCUT2D eigenvalue weighted by Crippen LogP contribution is -2.24. The molecule has 0 bridgehead atoms. The number of aromatic amines is 2. The quantitative estimate of drug-likeness (QED) is 0.598. The molecule has 0 amide bonds. The minimum absolute atomic E-state index is 0.433. The Morgan fingerprint density at radius 1 is 1.25 bits per heavy atom. The van der Waals surface area contributed by atoms with Crippen LogP contribution in [0.15, 0.2) is 27.8 Å². The first-order chi connectivity index (χ1) is 5.79. The lowest BCUT2D eigenvalue weighted by atomic mass is 10.4. The van der Waals surface area contributed by atoms with E-state index >= 15 is 0 Å². The molecule has 2 rings (SSSR count). The third-order valence-corrected chi connectivity index (χ3v) is 1.69. The Labute approximate surface area is 67.0 Å². The smallest absolute Gasteiger partial charge is 0.247 e. The van der Waals surface area contributed by atoms with E-state index in [0.29, 0.717) is 5.70 Å². The van der Waals surface area contributed by atoms with Crippen molar-refractivity contribution in [3.63, 3.8) is 0 Å². The number of nitrogens with zero attached hydrogens (tertiary/aromatic N) is 1. The summed E-state index contributed by atoms with van der Waals surface area (Å²) in [7, 11) is 0. The zero-order chi connectivity index (χ0) is 8.55. The van der Waals surface area contributed by atoms with E-state index in [1.54, 1.807) is 6.08 Å². The van der Waals surface area contributed by atoms with E-state index in [9.17, 15) is 9.59 Å². The van der Waals surface area contributed by atoms with Crippen LogP contribution in [0, 0.1) is 0 Å². The molecular formula is C7H7N3O2. The van der Waals surface area contributed by atoms with Gasteiger partial charge in [0.15, 0.2) is 0 Å². The van der Waals surface area contributed by atoms with Crippen LogP contribution in [0.25, 0.3) is 5.70 Å². The Bertz CT molecular complexity index is 430. The monoisotopic (exact) mass is 165 g/mol. The third-order valence-electron chi connectivity index (χ3n) is 1.69. The number of hydrogen-bond acceptors (Lipinski definition) is 2. The molecule has 1 aliphatic rings. The van der Waals surface area contributed by atoms with Crippen LogP contribution in [-0.2, 0) is 0 Å². The maximum atomic E-state index is 11.0. The van der Waals surface area contributed by atoms with Crippen LogP contribution in [0.1, 0.15) is 6.42 Å². The lowest BCUT2D eigenvalue weighted by Gasteiger charge is -1.93. The Morgan fingerprint density at radius 2 is 1.92 bits per heavy atom. The first-order valence-electron chi connectivity index (χ1n) is 3.56. The lowest BCUT2D eigenvalue weighted by molar-refractivity contribution is 0.987. The average molecular weight is 165 g/mol. The molecule has 12 heavy (non-hydrogen) atoms. The molecule has 5 heteroatoms. The van der Waals surface area contributed by atoms with Gasteiger partial charge in [-0.3, -0.25) is 0 Å². The van der Waals surface area contributed by atoms with Crippen molar-refractivity contribution in [3.8, 4) is 0 Å². The van der Waals surface area contributed by atoms with Crippen molar-refractivity contribution in [3.05, 3.63) is 39.2 Å². The standard InChI is InChI=1S/C7H7N3O2/c11-6-8-9-7(12)10(6)5-3-1-2-4-5/h1,3-4H,2H2,(H,8,11)(H,9,12). The Kier molecular flexibility index (Phi) is 1.36. The molecule has 62 valence electrons. The highest BCUT2D eigenvalue weighted by atomic mass is 16.2. The molecule has 0 aromatic carbocycles. The molecule has 1 heterocycles. The minimum atomic E-state index is -0.433. The molecular weight excluding hydrogens is 158 g/mol. The molecule has 0 atom stereocenters. The summed E-state index contributed by atoms with van der Waals surface area (Å²) in [6.45, 7) is 0. The molecule has 0 unspecified atom stereocenters. The SMILES string of the molecule is O=c1[nH][nH]c(=O)n1C1=CCC=C1. The summed E-state index contributed by atoms with van der Waals surface area (Å²) in [4.78, 5) is 22.1. The predicted molar refractivity (Wildman–Crippen MR) is 43.7 cm³/mol. The fourth-order valence-electron chi connectivity index (χ4n) is 1.16. The Morgan fingerprint density at radius 3 is 2.42 bits per heavy atom. The molecule has 0 aliphatic heterocycles. The van der Waals surface area contributed by atoms with Gasteiger partial charge < -0.3 is 0 Å². The van der Waals surface area contributed by atoms with Crippen LogP contribution in [0.2, 0.25) is 0 Å². The molecule has 2 N–H and O–H groups in total. The third kappa shape index (κ3) is 0.868. The maximum absolute atomic E-state index is 11.0. The summed E-state index contributed by atoms with van der Waals surface area (Å²) in [6, 6.07) is 0. The van der Waals surface area contributed by atoms with E-state index in [1.807, 2.05) is 12.2 Å². The average Bonchev–Trinajstić information content (AvgIpc) is 2.61. The zero-order valence-electron chi connectivity index (χ0n) is 6.20. The van der Waals surface area contributed by atoms with Gasteiger partial charge in [0.2, 0.25) is 0 Å². The van der Waals surface area contributed by atoms with Crippen molar-refractivity contribution in [1.29, 1.82) is 0 Å². The molecule has 5 nitrogen and oxygen atoms in total. The highest BCUT2D eigenvalue weighted by Gasteiger charge is 2.07. The first-order valence-corrected chi connectivity index (χ1v) is 3.56. The summed E-state index contributed by atoms with van der Waals surface area (Å²) in [6.07, 6.45) is 6.20. The maximum Gasteiger partial charge on any atom is 0.348 e. The van der Waals surface area contributed by atoms with Gasteiger partial charge >= 0.3 is 11.4 Å². The van der Waals surface area contributed by atoms with Gasteiger partial charge in [0.05, 0.1) is 5.70 Å². The highest BCUT2D eigenvalue weighted by molar-refractivity contribution is 5.59. The summed E-state index contributed by atoms with van der Waals surface area (Å²) < 4.78 is 1.06. The molecule has 0 radical (unpaired) electrons. The van der Waals surface area contributed by atoms with Crippen LogP contribution < -0.4 is 11.4 Å². The van der Waals surface area contributed by atoms with Crippen molar-refractivity contribution < 1.29 is 0 Å². The van der Waals surface area contributed by atoms with Crippen LogP contribution in [0.4, 0.5) is 0 Å². The summed E-state index contributed by atoms with van der Waals surface area (Å²) in [5.41, 5.74) is -0.238. The molecule has 0 saturated carbocycles. The topological polar surface area (TPSA) is 70.7 Å². The second-order valence-corrected chi connectivity index (χ2v) is 2.46. The van der Waals surface area contributed by atoms with E-state index in [4.69, 9.17) is 0 Å². The number of hydrogen-bond donors (Lipinski definition) is 2. The van der Waals surface area contributed by atoms with E-state index in [0.717, 1.165) is 11.0 Å². The van der Waals surface area contributed by atoms with Gasteiger partial charge in [-0.15, -0.1) is 0 Å². The normalized spacial score (nSPS) is 15.2. The second kappa shape index (κ2) is 2.37. The van der Waals surface area contributed by atoms with Crippen LogP contribution in [0.3, 0.4) is 0 Å². The molecule has 0 saturated heterocycles. The fraction of sp³-hybridized carbons (Fsp3) is 0.143. The van der Waals surface area contributed by atoms with Crippen LogP contribution in [-0.4, -0.2) is 14.8 Å². The number of allylic oxidation sites excluding steroid dienone is 4. The van der Waals surface area contributed by atoms with Gasteiger partial charge in [-0.1, -0.05) is 12.2 Å². The van der Waals surface area contributed by atoms with E-state index in [-0.39, 0.29) is 0 Å². The summed E-state index contributed by atoms with van der Waals surface area (Å²) in [5.74, 6) is 0.